The molecule has 0 heterocycles. The standard InChI is InChI=1S/C21H28N2O3.ClH/c1-16(2)23(13-17-6-4-3-5-7-17)14-19(24)15-26-20-10-8-18(9-11-20)21(25)12-22;/h3-11,16,19,24H,12-15,22H2,1-2H3;1H. The maximum Gasteiger partial charge on any atom is 0.176 e. The lowest BCUT2D eigenvalue weighted by Crippen LogP contribution is -2.39. The van der Waals surface area contributed by atoms with Crippen molar-refractivity contribution in [1.82, 2.24) is 4.90 Å². The zero-order valence-electron chi connectivity index (χ0n) is 15.9. The molecule has 1 atom stereocenters. The van der Waals surface area contributed by atoms with Crippen LogP contribution >= 0.6 is 12.4 Å². The first kappa shape index (κ1) is 23.1. The van der Waals surface area contributed by atoms with Crippen molar-refractivity contribution < 1.29 is 14.6 Å². The lowest BCUT2D eigenvalue weighted by molar-refractivity contribution is 0.0543. The summed E-state index contributed by atoms with van der Waals surface area (Å²) in [6.45, 7) is 5.72. The second kappa shape index (κ2) is 11.7. The summed E-state index contributed by atoms with van der Waals surface area (Å²) < 4.78 is 5.65. The van der Waals surface area contributed by atoms with Crippen LogP contribution in [0.4, 0.5) is 0 Å². The summed E-state index contributed by atoms with van der Waals surface area (Å²) in [7, 11) is 0. The molecule has 0 spiro atoms. The highest BCUT2D eigenvalue weighted by Crippen LogP contribution is 2.14. The third kappa shape index (κ3) is 7.69. The van der Waals surface area contributed by atoms with Gasteiger partial charge in [0.25, 0.3) is 0 Å². The van der Waals surface area contributed by atoms with Crippen LogP contribution in [0.2, 0.25) is 0 Å². The molecule has 2 aromatic carbocycles. The number of ether oxygens (including phenoxy) is 1. The van der Waals surface area contributed by atoms with E-state index in [2.05, 4.69) is 30.9 Å². The van der Waals surface area contributed by atoms with Crippen molar-refractivity contribution >= 4 is 18.2 Å². The molecule has 0 fully saturated rings. The van der Waals surface area contributed by atoms with Crippen LogP contribution in [0, 0.1) is 0 Å². The van der Waals surface area contributed by atoms with Crippen molar-refractivity contribution in [1.29, 1.82) is 0 Å². The van der Waals surface area contributed by atoms with Gasteiger partial charge in [0.15, 0.2) is 5.78 Å². The molecule has 2 rings (SSSR count). The number of Topliss-reactive ketones (excluding diaryl/α,β-unsaturated/α-hetero) is 1. The molecule has 3 N–H and O–H groups in total. The number of hydrogen-bond donors (Lipinski definition) is 2. The SMILES string of the molecule is CC(C)N(Cc1ccccc1)CC(O)COc1ccc(C(=O)CN)cc1.Cl. The van der Waals surface area contributed by atoms with Gasteiger partial charge in [0, 0.05) is 24.7 Å². The van der Waals surface area contributed by atoms with Crippen LogP contribution in [0.25, 0.3) is 0 Å². The average molecular weight is 393 g/mol. The van der Waals surface area contributed by atoms with Gasteiger partial charge in [-0.2, -0.15) is 0 Å². The van der Waals surface area contributed by atoms with Crippen molar-refractivity contribution in [3.8, 4) is 5.75 Å². The van der Waals surface area contributed by atoms with Crippen LogP contribution in [0.15, 0.2) is 54.6 Å². The minimum absolute atomic E-state index is 0. The van der Waals surface area contributed by atoms with Crippen molar-refractivity contribution in [3.05, 3.63) is 65.7 Å². The van der Waals surface area contributed by atoms with E-state index in [4.69, 9.17) is 10.5 Å². The highest BCUT2D eigenvalue weighted by molar-refractivity contribution is 5.97. The Morgan fingerprint density at radius 2 is 1.74 bits per heavy atom. The van der Waals surface area contributed by atoms with Gasteiger partial charge in [-0.25, -0.2) is 0 Å². The summed E-state index contributed by atoms with van der Waals surface area (Å²) in [5, 5.41) is 10.4. The average Bonchev–Trinajstić information content (AvgIpc) is 2.66. The summed E-state index contributed by atoms with van der Waals surface area (Å²) in [4.78, 5) is 13.7. The number of aliphatic hydroxyl groups excluding tert-OH is 1. The van der Waals surface area contributed by atoms with Gasteiger partial charge < -0.3 is 15.6 Å². The van der Waals surface area contributed by atoms with Crippen LogP contribution < -0.4 is 10.5 Å². The molecule has 0 saturated carbocycles. The number of hydrogen-bond acceptors (Lipinski definition) is 5. The molecule has 27 heavy (non-hydrogen) atoms. The molecule has 2 aromatic rings. The number of nitrogens with zero attached hydrogens (tertiary/aromatic N) is 1. The molecule has 0 bridgehead atoms. The number of halogens is 1. The second-order valence-electron chi connectivity index (χ2n) is 6.63. The van der Waals surface area contributed by atoms with Crippen molar-refractivity contribution in [2.24, 2.45) is 5.73 Å². The molecule has 6 heteroatoms. The third-order valence-corrected chi connectivity index (χ3v) is 4.21. The summed E-state index contributed by atoms with van der Waals surface area (Å²) >= 11 is 0. The summed E-state index contributed by atoms with van der Waals surface area (Å²) in [5.41, 5.74) is 7.13. The van der Waals surface area contributed by atoms with Gasteiger partial charge in [0.05, 0.1) is 6.54 Å². The third-order valence-electron chi connectivity index (χ3n) is 4.21. The monoisotopic (exact) mass is 392 g/mol. The number of carbonyl (C=O) groups excluding carboxylic acids is 1. The maximum atomic E-state index is 11.5. The Bertz CT molecular complexity index is 678. The smallest absolute Gasteiger partial charge is 0.176 e. The molecule has 0 aliphatic carbocycles. The van der Waals surface area contributed by atoms with E-state index >= 15 is 0 Å². The predicted octanol–water partition coefficient (Wildman–Crippen LogP) is 2.90. The van der Waals surface area contributed by atoms with Crippen molar-refractivity contribution in [2.45, 2.75) is 32.5 Å². The minimum atomic E-state index is -0.605. The Balaban J connectivity index is 0.00000364. The molecule has 0 radical (unpaired) electrons. The second-order valence-corrected chi connectivity index (χ2v) is 6.63. The normalized spacial score (nSPS) is 11.9. The first-order chi connectivity index (χ1) is 12.5. The lowest BCUT2D eigenvalue weighted by atomic mass is 10.1. The van der Waals surface area contributed by atoms with E-state index in [-0.39, 0.29) is 31.3 Å². The maximum absolute atomic E-state index is 11.5. The number of ketones is 1. The number of benzene rings is 2. The highest BCUT2D eigenvalue weighted by Gasteiger charge is 2.16. The number of rotatable bonds is 10. The van der Waals surface area contributed by atoms with E-state index < -0.39 is 6.10 Å². The molecular formula is C21H29ClN2O3. The fraction of sp³-hybridized carbons (Fsp3) is 0.381. The zero-order valence-corrected chi connectivity index (χ0v) is 16.7. The van der Waals surface area contributed by atoms with E-state index in [0.29, 0.717) is 23.9 Å². The van der Waals surface area contributed by atoms with Crippen LogP contribution in [0.3, 0.4) is 0 Å². The number of nitrogens with two attached hydrogens (primary N) is 1. The Labute approximate surface area is 167 Å². The molecular weight excluding hydrogens is 364 g/mol. The van der Waals surface area contributed by atoms with E-state index in [1.807, 2.05) is 18.2 Å². The zero-order chi connectivity index (χ0) is 18.9. The molecule has 0 aromatic heterocycles. The molecule has 0 amide bonds. The first-order valence-electron chi connectivity index (χ1n) is 8.91. The molecule has 0 aliphatic rings. The first-order valence-corrected chi connectivity index (χ1v) is 8.91. The van der Waals surface area contributed by atoms with Gasteiger partial charge in [-0.15, -0.1) is 12.4 Å². The Morgan fingerprint density at radius 1 is 1.11 bits per heavy atom. The summed E-state index contributed by atoms with van der Waals surface area (Å²) in [5.74, 6) is 0.516. The van der Waals surface area contributed by atoms with Crippen LogP contribution in [0.1, 0.15) is 29.8 Å². The summed E-state index contributed by atoms with van der Waals surface area (Å²) in [6.07, 6.45) is -0.605. The number of aliphatic hydroxyl groups is 1. The topological polar surface area (TPSA) is 75.8 Å². The number of carbonyl (C=O) groups is 1. The quantitative estimate of drug-likeness (QED) is 0.608. The van der Waals surface area contributed by atoms with Gasteiger partial charge in [-0.1, -0.05) is 30.3 Å². The van der Waals surface area contributed by atoms with E-state index in [9.17, 15) is 9.90 Å². The van der Waals surface area contributed by atoms with Gasteiger partial charge in [-0.3, -0.25) is 9.69 Å². The van der Waals surface area contributed by atoms with Gasteiger partial charge >= 0.3 is 0 Å². The van der Waals surface area contributed by atoms with Crippen LogP contribution in [-0.4, -0.2) is 47.6 Å². The Hall–Kier alpha value is -1.92. The van der Waals surface area contributed by atoms with E-state index in [1.54, 1.807) is 24.3 Å². The molecule has 1 unspecified atom stereocenters. The predicted molar refractivity (Wildman–Crippen MR) is 111 cm³/mol. The van der Waals surface area contributed by atoms with Crippen LogP contribution in [-0.2, 0) is 6.54 Å². The van der Waals surface area contributed by atoms with Gasteiger partial charge in [0.1, 0.15) is 18.5 Å². The molecule has 0 saturated heterocycles. The molecule has 148 valence electrons. The fourth-order valence-corrected chi connectivity index (χ4v) is 2.65. The minimum Gasteiger partial charge on any atom is -0.491 e. The van der Waals surface area contributed by atoms with E-state index in [1.165, 1.54) is 5.56 Å². The largest absolute Gasteiger partial charge is 0.491 e. The Morgan fingerprint density at radius 3 is 2.30 bits per heavy atom. The molecule has 0 aliphatic heterocycles. The summed E-state index contributed by atoms with van der Waals surface area (Å²) in [6, 6.07) is 17.3. The van der Waals surface area contributed by atoms with Gasteiger partial charge in [0.2, 0.25) is 0 Å². The lowest BCUT2D eigenvalue weighted by Gasteiger charge is -2.28. The van der Waals surface area contributed by atoms with Gasteiger partial charge in [-0.05, 0) is 43.7 Å². The Kier molecular flexibility index (Phi) is 10.0. The van der Waals surface area contributed by atoms with E-state index in [0.717, 1.165) is 6.54 Å². The highest BCUT2D eigenvalue weighted by atomic mass is 35.5. The molecule has 5 nitrogen and oxygen atoms in total. The van der Waals surface area contributed by atoms with Crippen molar-refractivity contribution in [3.63, 3.8) is 0 Å². The fourth-order valence-electron chi connectivity index (χ4n) is 2.65. The van der Waals surface area contributed by atoms with Crippen molar-refractivity contribution in [2.75, 3.05) is 19.7 Å². The van der Waals surface area contributed by atoms with Crippen LogP contribution in [0.5, 0.6) is 5.75 Å².